The van der Waals surface area contributed by atoms with Crippen molar-refractivity contribution < 1.29 is 24.3 Å². The van der Waals surface area contributed by atoms with E-state index in [9.17, 15) is 19.2 Å². The van der Waals surface area contributed by atoms with E-state index in [4.69, 9.17) is 34.0 Å². The molecule has 1 saturated heterocycles. The first-order chi connectivity index (χ1) is 15.3. The summed E-state index contributed by atoms with van der Waals surface area (Å²) in [4.78, 5) is 49.4. The lowest BCUT2D eigenvalue weighted by Crippen LogP contribution is -2.46. The topological polar surface area (TPSA) is 130 Å². The van der Waals surface area contributed by atoms with Crippen LogP contribution in [0.2, 0.25) is 10.0 Å². The number of nitrogens with two attached hydrogens (primary N) is 1. The molecule has 1 atom stereocenters. The molecule has 1 aliphatic heterocycles. The molecule has 3 amide bonds. The Morgan fingerprint density at radius 2 is 1.82 bits per heavy atom. The molecule has 0 saturated carbocycles. The first-order valence-electron chi connectivity index (χ1n) is 10.3. The Morgan fingerprint density at radius 3 is 2.36 bits per heavy atom. The molecule has 1 heterocycles. The average Bonchev–Trinajstić information content (AvgIpc) is 2.76. The predicted molar refractivity (Wildman–Crippen MR) is 129 cm³/mol. The summed E-state index contributed by atoms with van der Waals surface area (Å²) in [5.74, 6) is -2.45. The molecule has 1 aromatic rings. The van der Waals surface area contributed by atoms with Crippen molar-refractivity contribution in [1.82, 2.24) is 10.2 Å². The van der Waals surface area contributed by atoms with E-state index < -0.39 is 22.7 Å². The van der Waals surface area contributed by atoms with Gasteiger partial charge in [0.1, 0.15) is 6.04 Å². The number of hydrogen-bond acceptors (Lipinski definition) is 5. The van der Waals surface area contributed by atoms with Crippen molar-refractivity contribution in [3.05, 3.63) is 33.8 Å². The van der Waals surface area contributed by atoms with E-state index in [0.717, 1.165) is 0 Å². The predicted octanol–water partition coefficient (Wildman–Crippen LogP) is 3.19. The van der Waals surface area contributed by atoms with Gasteiger partial charge in [-0.15, -0.1) is 11.8 Å². The maximum Gasteiger partial charge on any atom is 0.325 e. The van der Waals surface area contributed by atoms with Crippen molar-refractivity contribution >= 4 is 64.7 Å². The van der Waals surface area contributed by atoms with Gasteiger partial charge in [-0.1, -0.05) is 29.3 Å². The molecular formula is C22H27Cl2N3O5S. The number of carboxylic acids is 1. The molecule has 1 aliphatic rings. The van der Waals surface area contributed by atoms with Gasteiger partial charge in [-0.3, -0.25) is 19.2 Å². The number of amides is 3. The Balaban J connectivity index is 1.98. The highest BCUT2D eigenvalue weighted by molar-refractivity contribution is 8.01. The fourth-order valence-electron chi connectivity index (χ4n) is 3.10. The molecule has 0 spiro atoms. The first-order valence-corrected chi connectivity index (χ1v) is 11.9. The summed E-state index contributed by atoms with van der Waals surface area (Å²) in [6.45, 7) is 5.56. The van der Waals surface area contributed by atoms with Crippen molar-refractivity contribution in [1.29, 1.82) is 0 Å². The smallest absolute Gasteiger partial charge is 0.325 e. The third-order valence-corrected chi connectivity index (χ3v) is 7.63. The third kappa shape index (κ3) is 7.12. The minimum Gasteiger partial charge on any atom is -0.480 e. The van der Waals surface area contributed by atoms with Crippen molar-refractivity contribution in [2.45, 2.75) is 49.3 Å². The molecule has 0 bridgehead atoms. The van der Waals surface area contributed by atoms with Crippen molar-refractivity contribution in [3.63, 3.8) is 0 Å². The number of primary amides is 1. The van der Waals surface area contributed by atoms with Gasteiger partial charge in [0.15, 0.2) is 0 Å². The largest absolute Gasteiger partial charge is 0.480 e. The Labute approximate surface area is 206 Å². The van der Waals surface area contributed by atoms with Gasteiger partial charge in [-0.2, -0.15) is 0 Å². The summed E-state index contributed by atoms with van der Waals surface area (Å²) < 4.78 is -0.866. The molecule has 1 unspecified atom stereocenters. The maximum absolute atomic E-state index is 12.6. The number of thioether (sulfide) groups is 1. The quantitative estimate of drug-likeness (QED) is 0.360. The van der Waals surface area contributed by atoms with Crippen molar-refractivity contribution in [2.75, 3.05) is 13.1 Å². The Kier molecular flexibility index (Phi) is 9.22. The molecular weight excluding hydrogens is 489 g/mol. The number of carbonyl (C=O) groups is 4. The number of nitrogens with one attached hydrogen (secondary N) is 1. The molecule has 8 nitrogen and oxygen atoms in total. The lowest BCUT2D eigenvalue weighted by Gasteiger charge is -2.31. The van der Waals surface area contributed by atoms with Gasteiger partial charge < -0.3 is 21.1 Å². The zero-order chi connectivity index (χ0) is 24.9. The monoisotopic (exact) mass is 515 g/mol. The summed E-state index contributed by atoms with van der Waals surface area (Å²) in [5.41, 5.74) is 5.96. The highest BCUT2D eigenvalue weighted by Crippen LogP contribution is 2.41. The zero-order valence-corrected chi connectivity index (χ0v) is 20.9. The van der Waals surface area contributed by atoms with Crippen LogP contribution in [0.4, 0.5) is 0 Å². The van der Waals surface area contributed by atoms with Crippen LogP contribution in [0.15, 0.2) is 23.1 Å². The highest BCUT2D eigenvalue weighted by Gasteiger charge is 2.29. The summed E-state index contributed by atoms with van der Waals surface area (Å²) in [7, 11) is 0. The van der Waals surface area contributed by atoms with Crippen LogP contribution in [0.25, 0.3) is 6.08 Å². The van der Waals surface area contributed by atoms with E-state index in [-0.39, 0.29) is 27.8 Å². The van der Waals surface area contributed by atoms with Gasteiger partial charge in [0.05, 0.1) is 14.8 Å². The first kappa shape index (κ1) is 27.0. The second-order valence-corrected chi connectivity index (χ2v) is 10.7. The fourth-order valence-corrected chi connectivity index (χ4v) is 4.65. The molecule has 11 heteroatoms. The van der Waals surface area contributed by atoms with Crippen LogP contribution in [0.3, 0.4) is 0 Å². The van der Waals surface area contributed by atoms with Crippen LogP contribution in [0, 0.1) is 5.92 Å². The minimum absolute atomic E-state index is 0.228. The summed E-state index contributed by atoms with van der Waals surface area (Å²) in [6.07, 6.45) is 3.86. The van der Waals surface area contributed by atoms with Crippen LogP contribution in [0.5, 0.6) is 0 Å². The molecule has 33 heavy (non-hydrogen) atoms. The molecule has 2 rings (SSSR count). The van der Waals surface area contributed by atoms with Gasteiger partial charge in [-0.25, -0.2) is 0 Å². The van der Waals surface area contributed by atoms with Crippen LogP contribution in [-0.2, 0) is 19.2 Å². The number of aliphatic carboxylic acids is 1. The number of hydrogen-bond donors (Lipinski definition) is 3. The number of rotatable bonds is 8. The number of piperidine rings is 1. The number of carbonyl (C=O) groups excluding carboxylic acids is 3. The number of halogens is 2. The number of carboxylic acid groups (broad SMARTS) is 1. The Bertz CT molecular complexity index is 975. The molecule has 1 aromatic carbocycles. The van der Waals surface area contributed by atoms with E-state index >= 15 is 0 Å². The van der Waals surface area contributed by atoms with E-state index in [1.807, 2.05) is 0 Å². The van der Waals surface area contributed by atoms with Gasteiger partial charge in [-0.05, 0) is 51.3 Å². The summed E-state index contributed by atoms with van der Waals surface area (Å²) >= 11 is 13.9. The van der Waals surface area contributed by atoms with Crippen LogP contribution in [-0.4, -0.2) is 57.6 Å². The maximum atomic E-state index is 12.6. The molecule has 4 N–H and O–H groups in total. The molecule has 0 aromatic heterocycles. The summed E-state index contributed by atoms with van der Waals surface area (Å²) in [5, 5.41) is 11.9. The summed E-state index contributed by atoms with van der Waals surface area (Å²) in [6, 6.07) is 2.47. The zero-order valence-electron chi connectivity index (χ0n) is 18.6. The lowest BCUT2D eigenvalue weighted by atomic mass is 9.95. The van der Waals surface area contributed by atoms with Gasteiger partial charge in [0.2, 0.25) is 17.7 Å². The van der Waals surface area contributed by atoms with E-state index in [1.54, 1.807) is 37.0 Å². The number of likely N-dealkylation sites (tertiary alicyclic amines) is 1. The Morgan fingerprint density at radius 1 is 1.21 bits per heavy atom. The van der Waals surface area contributed by atoms with E-state index in [1.165, 1.54) is 24.8 Å². The molecule has 1 fully saturated rings. The van der Waals surface area contributed by atoms with Crippen molar-refractivity contribution in [2.24, 2.45) is 11.7 Å². The van der Waals surface area contributed by atoms with Crippen LogP contribution in [0.1, 0.15) is 39.2 Å². The van der Waals surface area contributed by atoms with Gasteiger partial charge in [0, 0.05) is 30.0 Å². The second-order valence-electron chi connectivity index (χ2n) is 8.26. The number of benzene rings is 1. The molecule has 0 aliphatic carbocycles. The third-order valence-electron chi connectivity index (χ3n) is 5.35. The van der Waals surface area contributed by atoms with Crippen LogP contribution >= 0.6 is 35.0 Å². The fraction of sp³-hybridized carbons (Fsp3) is 0.455. The second kappa shape index (κ2) is 11.3. The number of nitrogens with zero attached hydrogens (tertiary/aromatic N) is 1. The minimum atomic E-state index is -1.09. The van der Waals surface area contributed by atoms with Gasteiger partial charge >= 0.3 is 5.97 Å². The molecule has 0 radical (unpaired) electrons. The molecule has 180 valence electrons. The average molecular weight is 516 g/mol. The normalized spacial score (nSPS) is 16.0. The van der Waals surface area contributed by atoms with Crippen LogP contribution < -0.4 is 11.1 Å². The lowest BCUT2D eigenvalue weighted by molar-refractivity contribution is -0.142. The SMILES string of the molecule is CC(NC(=O)C1CCN(C(=O)C=Cc2ccc(SC(C)(C)C(N)=O)c(Cl)c2Cl)CC1)C(=O)O. The van der Waals surface area contributed by atoms with Gasteiger partial charge in [0.25, 0.3) is 0 Å². The van der Waals surface area contributed by atoms with E-state index in [2.05, 4.69) is 5.32 Å². The standard InChI is InChI=1S/C22H27Cl2N3O5S/c1-12(20(30)31)26-19(29)14-8-10-27(11-9-14)16(28)7-5-13-4-6-15(18(24)17(13)23)33-22(2,3)21(25)32/h4-7,12,14H,8-11H2,1-3H3,(H2,25,32)(H,26,29)(H,30,31). The Hall–Kier alpha value is -2.23. The highest BCUT2D eigenvalue weighted by atomic mass is 35.5. The van der Waals surface area contributed by atoms with E-state index in [0.29, 0.717) is 36.4 Å². The van der Waals surface area contributed by atoms with Crippen molar-refractivity contribution in [3.8, 4) is 0 Å².